The number of hydrogen-bond donors (Lipinski definition) is 0. The molecule has 1 aliphatic heterocycles. The van der Waals surface area contributed by atoms with Gasteiger partial charge in [-0.1, -0.05) is 12.1 Å². The third-order valence-electron chi connectivity index (χ3n) is 3.87. The van der Waals surface area contributed by atoms with Crippen LogP contribution in [0.15, 0.2) is 42.5 Å². The van der Waals surface area contributed by atoms with Crippen LogP contribution in [0.25, 0.3) is 5.57 Å². The minimum Gasteiger partial charge on any atom is -0.494 e. The summed E-state index contributed by atoms with van der Waals surface area (Å²) in [5.41, 5.74) is 3.73. The summed E-state index contributed by atoms with van der Waals surface area (Å²) in [7, 11) is 0. The Kier molecular flexibility index (Phi) is 3.88. The van der Waals surface area contributed by atoms with Crippen LogP contribution in [0.5, 0.6) is 11.5 Å². The van der Waals surface area contributed by atoms with E-state index in [4.69, 9.17) is 9.47 Å². The molecule has 0 unspecified atom stereocenters. The zero-order valence-electron chi connectivity index (χ0n) is 13.9. The van der Waals surface area contributed by atoms with Gasteiger partial charge in [-0.05, 0) is 68.7 Å². The molecule has 0 aromatic heterocycles. The molecule has 0 aliphatic carbocycles. The van der Waals surface area contributed by atoms with Gasteiger partial charge in [-0.15, -0.1) is 0 Å². The van der Waals surface area contributed by atoms with Crippen LogP contribution in [0.4, 0.5) is 4.39 Å². The lowest BCUT2D eigenvalue weighted by atomic mass is 9.87. The van der Waals surface area contributed by atoms with Crippen LogP contribution in [0.1, 0.15) is 37.5 Å². The first-order valence-electron chi connectivity index (χ1n) is 7.85. The Balaban J connectivity index is 2.17. The fraction of sp³-hybridized carbons (Fsp3) is 0.300. The van der Waals surface area contributed by atoms with E-state index in [0.29, 0.717) is 6.61 Å². The Morgan fingerprint density at radius 1 is 1.13 bits per heavy atom. The van der Waals surface area contributed by atoms with E-state index in [2.05, 4.69) is 6.08 Å². The lowest BCUT2D eigenvalue weighted by Crippen LogP contribution is -2.29. The average Bonchev–Trinajstić information content (AvgIpc) is 2.46. The number of fused-ring (bicyclic) bond motifs is 1. The molecule has 0 spiro atoms. The summed E-state index contributed by atoms with van der Waals surface area (Å²) in [5, 5.41) is 0. The highest BCUT2D eigenvalue weighted by atomic mass is 19.1. The topological polar surface area (TPSA) is 18.5 Å². The lowest BCUT2D eigenvalue weighted by Gasteiger charge is -2.32. The number of halogens is 1. The molecule has 2 nitrogen and oxygen atoms in total. The Morgan fingerprint density at radius 2 is 1.83 bits per heavy atom. The smallest absolute Gasteiger partial charge is 0.132 e. The predicted octanol–water partition coefficient (Wildman–Crippen LogP) is 5.14. The van der Waals surface area contributed by atoms with Gasteiger partial charge >= 0.3 is 0 Å². The van der Waals surface area contributed by atoms with Gasteiger partial charge in [0.15, 0.2) is 0 Å². The van der Waals surface area contributed by atoms with Crippen molar-refractivity contribution in [2.45, 2.75) is 33.3 Å². The second kappa shape index (κ2) is 5.73. The molecule has 0 N–H and O–H groups in total. The maximum atomic E-state index is 13.3. The Hall–Kier alpha value is -2.29. The van der Waals surface area contributed by atoms with Crippen LogP contribution in [-0.2, 0) is 0 Å². The van der Waals surface area contributed by atoms with Gasteiger partial charge in [-0.25, -0.2) is 4.39 Å². The molecule has 0 saturated heterocycles. The zero-order chi connectivity index (χ0) is 16.6. The van der Waals surface area contributed by atoms with E-state index in [1.807, 2.05) is 52.0 Å². The quantitative estimate of drug-likeness (QED) is 0.781. The molecule has 3 rings (SSSR count). The maximum absolute atomic E-state index is 13.3. The Morgan fingerprint density at radius 3 is 2.48 bits per heavy atom. The zero-order valence-corrected chi connectivity index (χ0v) is 13.9. The molecule has 1 aliphatic rings. The second-order valence-electron chi connectivity index (χ2n) is 6.32. The fourth-order valence-electron chi connectivity index (χ4n) is 2.99. The third kappa shape index (κ3) is 3.09. The van der Waals surface area contributed by atoms with Gasteiger partial charge in [-0.2, -0.15) is 0 Å². The van der Waals surface area contributed by atoms with E-state index in [9.17, 15) is 4.39 Å². The standard InChI is InChI=1S/C20H21FO2/c1-5-22-16-10-13(2)19-17(14-6-8-15(21)9-7-14)12-20(3,4)23-18(19)11-16/h6-12H,5H2,1-4H3. The monoisotopic (exact) mass is 312 g/mol. The van der Waals surface area contributed by atoms with E-state index in [-0.39, 0.29) is 5.82 Å². The van der Waals surface area contributed by atoms with Crippen molar-refractivity contribution in [2.75, 3.05) is 6.61 Å². The van der Waals surface area contributed by atoms with E-state index in [0.717, 1.165) is 33.8 Å². The van der Waals surface area contributed by atoms with Crippen LogP contribution in [0.2, 0.25) is 0 Å². The molecule has 0 fully saturated rings. The fourth-order valence-corrected chi connectivity index (χ4v) is 2.99. The molecule has 0 saturated carbocycles. The second-order valence-corrected chi connectivity index (χ2v) is 6.32. The molecule has 0 atom stereocenters. The van der Waals surface area contributed by atoms with Gasteiger partial charge in [-0.3, -0.25) is 0 Å². The summed E-state index contributed by atoms with van der Waals surface area (Å²) >= 11 is 0. The van der Waals surface area contributed by atoms with Crippen molar-refractivity contribution >= 4 is 5.57 Å². The number of hydrogen-bond acceptors (Lipinski definition) is 2. The van der Waals surface area contributed by atoms with Crippen LogP contribution >= 0.6 is 0 Å². The first-order chi connectivity index (χ1) is 10.9. The third-order valence-corrected chi connectivity index (χ3v) is 3.87. The molecule has 23 heavy (non-hydrogen) atoms. The van der Waals surface area contributed by atoms with Crippen molar-refractivity contribution in [1.29, 1.82) is 0 Å². The van der Waals surface area contributed by atoms with Gasteiger partial charge in [0, 0.05) is 11.6 Å². The van der Waals surface area contributed by atoms with E-state index >= 15 is 0 Å². The van der Waals surface area contributed by atoms with Crippen molar-refractivity contribution in [1.82, 2.24) is 0 Å². The first kappa shape index (κ1) is 15.6. The Labute approximate surface area is 136 Å². The molecule has 120 valence electrons. The van der Waals surface area contributed by atoms with E-state index in [1.165, 1.54) is 12.1 Å². The largest absolute Gasteiger partial charge is 0.494 e. The normalized spacial score (nSPS) is 15.4. The van der Waals surface area contributed by atoms with Crippen molar-refractivity contribution in [3.05, 3.63) is 65.0 Å². The number of benzene rings is 2. The molecule has 3 heteroatoms. The molecule has 2 aromatic rings. The van der Waals surface area contributed by atoms with Gasteiger partial charge in [0.25, 0.3) is 0 Å². The number of rotatable bonds is 3. The van der Waals surface area contributed by atoms with Crippen molar-refractivity contribution in [3.8, 4) is 11.5 Å². The predicted molar refractivity (Wildman–Crippen MR) is 90.5 cm³/mol. The number of ether oxygens (including phenoxy) is 2. The van der Waals surface area contributed by atoms with Crippen LogP contribution in [-0.4, -0.2) is 12.2 Å². The minimum atomic E-state index is -0.437. The summed E-state index contributed by atoms with van der Waals surface area (Å²) < 4.78 is 25.0. The van der Waals surface area contributed by atoms with E-state index in [1.54, 1.807) is 0 Å². The van der Waals surface area contributed by atoms with Crippen molar-refractivity contribution in [3.63, 3.8) is 0 Å². The van der Waals surface area contributed by atoms with E-state index < -0.39 is 5.60 Å². The van der Waals surface area contributed by atoms with Gasteiger partial charge < -0.3 is 9.47 Å². The molecule has 1 heterocycles. The first-order valence-corrected chi connectivity index (χ1v) is 7.85. The summed E-state index contributed by atoms with van der Waals surface area (Å²) in [6.45, 7) is 8.65. The van der Waals surface area contributed by atoms with Gasteiger partial charge in [0.2, 0.25) is 0 Å². The maximum Gasteiger partial charge on any atom is 0.132 e. The number of aryl methyl sites for hydroxylation is 1. The highest BCUT2D eigenvalue weighted by molar-refractivity contribution is 5.86. The minimum absolute atomic E-state index is 0.232. The highest BCUT2D eigenvalue weighted by Crippen LogP contribution is 2.43. The average molecular weight is 312 g/mol. The molecule has 0 bridgehead atoms. The van der Waals surface area contributed by atoms with Gasteiger partial charge in [0.1, 0.15) is 22.9 Å². The van der Waals surface area contributed by atoms with Crippen molar-refractivity contribution < 1.29 is 13.9 Å². The van der Waals surface area contributed by atoms with Crippen molar-refractivity contribution in [2.24, 2.45) is 0 Å². The molecule has 2 aromatic carbocycles. The summed E-state index contributed by atoms with van der Waals surface area (Å²) in [6.07, 6.45) is 2.09. The molecular formula is C20H21FO2. The van der Waals surface area contributed by atoms with Crippen LogP contribution in [0.3, 0.4) is 0 Å². The summed E-state index contributed by atoms with van der Waals surface area (Å²) in [5.74, 6) is 1.38. The lowest BCUT2D eigenvalue weighted by molar-refractivity contribution is 0.157. The molecule has 0 amide bonds. The highest BCUT2D eigenvalue weighted by Gasteiger charge is 2.29. The van der Waals surface area contributed by atoms with Gasteiger partial charge in [0.05, 0.1) is 6.61 Å². The van der Waals surface area contributed by atoms with Crippen LogP contribution in [0, 0.1) is 12.7 Å². The Bertz CT molecular complexity index is 758. The summed E-state index contributed by atoms with van der Waals surface area (Å²) in [6, 6.07) is 10.5. The molecular weight excluding hydrogens is 291 g/mol. The SMILES string of the molecule is CCOc1cc(C)c2c(c1)OC(C)(C)C=C2c1ccc(F)cc1. The summed E-state index contributed by atoms with van der Waals surface area (Å²) in [4.78, 5) is 0. The van der Waals surface area contributed by atoms with Crippen LogP contribution < -0.4 is 9.47 Å². The molecule has 0 radical (unpaired) electrons.